The van der Waals surface area contributed by atoms with Crippen LogP contribution in [0.25, 0.3) is 0 Å². The second kappa shape index (κ2) is 5.13. The summed E-state index contributed by atoms with van der Waals surface area (Å²) < 4.78 is 10.7. The van der Waals surface area contributed by atoms with Crippen LogP contribution in [0, 0.1) is 22.7 Å². The molecule has 2 saturated heterocycles. The molecule has 0 aromatic heterocycles. The third kappa shape index (κ3) is 2.22. The first-order valence-corrected chi connectivity index (χ1v) is 6.03. The molecule has 0 amide bonds. The Bertz CT molecular complexity index is 262. The topological polar surface area (TPSA) is 62.5 Å². The Kier molecular flexibility index (Phi) is 3.80. The van der Waals surface area contributed by atoms with Crippen molar-refractivity contribution in [3.63, 3.8) is 0 Å². The van der Waals surface area contributed by atoms with Gasteiger partial charge in [-0.1, -0.05) is 0 Å². The zero-order valence-electron chi connectivity index (χ0n) is 9.52. The highest BCUT2D eigenvalue weighted by Gasteiger charge is 2.44. The highest BCUT2D eigenvalue weighted by atomic mass is 16.5. The van der Waals surface area contributed by atoms with Crippen molar-refractivity contribution in [1.82, 2.24) is 0 Å². The lowest BCUT2D eigenvalue weighted by atomic mass is 9.72. The quantitative estimate of drug-likeness (QED) is 0.764. The van der Waals surface area contributed by atoms with Gasteiger partial charge in [-0.3, -0.25) is 0 Å². The summed E-state index contributed by atoms with van der Waals surface area (Å²) >= 11 is 0. The van der Waals surface area contributed by atoms with E-state index >= 15 is 0 Å². The molecule has 3 atom stereocenters. The van der Waals surface area contributed by atoms with Crippen LogP contribution in [0.15, 0.2) is 0 Å². The smallest absolute Gasteiger partial charge is 0.107 e. The van der Waals surface area contributed by atoms with Gasteiger partial charge in [0.05, 0.1) is 25.4 Å². The van der Waals surface area contributed by atoms with Gasteiger partial charge in [0.1, 0.15) is 5.41 Å². The summed E-state index contributed by atoms with van der Waals surface area (Å²) in [5, 5.41) is 19.7. The van der Waals surface area contributed by atoms with Crippen LogP contribution in [0.1, 0.15) is 25.7 Å². The predicted octanol–water partition coefficient (Wildman–Crippen LogP) is 1.09. The van der Waals surface area contributed by atoms with E-state index in [1.165, 1.54) is 0 Å². The molecule has 2 fully saturated rings. The molecule has 2 heterocycles. The molecule has 4 nitrogen and oxygen atoms in total. The predicted molar refractivity (Wildman–Crippen MR) is 57.6 cm³/mol. The van der Waals surface area contributed by atoms with Gasteiger partial charge in [0, 0.05) is 19.1 Å². The maximum Gasteiger partial charge on any atom is 0.107 e. The zero-order valence-corrected chi connectivity index (χ0v) is 9.52. The Morgan fingerprint density at radius 2 is 2.12 bits per heavy atom. The van der Waals surface area contributed by atoms with Crippen molar-refractivity contribution in [1.29, 1.82) is 5.26 Å². The van der Waals surface area contributed by atoms with Gasteiger partial charge >= 0.3 is 0 Å². The molecule has 0 spiro atoms. The number of hydrogen-bond donors (Lipinski definition) is 1. The van der Waals surface area contributed by atoms with Crippen LogP contribution in [0.4, 0.5) is 0 Å². The Hall–Kier alpha value is -0.630. The van der Waals surface area contributed by atoms with Gasteiger partial charge in [-0.2, -0.15) is 5.26 Å². The Morgan fingerprint density at radius 1 is 1.31 bits per heavy atom. The summed E-state index contributed by atoms with van der Waals surface area (Å²) in [6.07, 6.45) is 2.91. The minimum Gasteiger partial charge on any atom is -0.391 e. The van der Waals surface area contributed by atoms with E-state index < -0.39 is 11.5 Å². The highest BCUT2D eigenvalue weighted by molar-refractivity contribution is 5.06. The minimum atomic E-state index is -0.705. The first-order chi connectivity index (χ1) is 7.78. The minimum absolute atomic E-state index is 0.0927. The van der Waals surface area contributed by atoms with Crippen molar-refractivity contribution in [3.8, 4) is 6.07 Å². The third-order valence-electron chi connectivity index (χ3n) is 3.70. The van der Waals surface area contributed by atoms with Crippen molar-refractivity contribution in [2.24, 2.45) is 11.3 Å². The number of nitriles is 1. The fraction of sp³-hybridized carbons (Fsp3) is 0.917. The van der Waals surface area contributed by atoms with Gasteiger partial charge < -0.3 is 14.6 Å². The van der Waals surface area contributed by atoms with Gasteiger partial charge in [-0.25, -0.2) is 0 Å². The van der Waals surface area contributed by atoms with Crippen LogP contribution in [-0.4, -0.2) is 37.6 Å². The summed E-state index contributed by atoms with van der Waals surface area (Å²) in [6, 6.07) is 2.28. The standard InChI is InChI=1S/C12H19NO3/c13-8-12(4-2-6-16-9-12)11(14)10-3-1-5-15-7-10/h10-11,14H,1-7,9H2. The summed E-state index contributed by atoms with van der Waals surface area (Å²) in [4.78, 5) is 0. The molecular formula is C12H19NO3. The van der Waals surface area contributed by atoms with Gasteiger partial charge in [0.2, 0.25) is 0 Å². The lowest BCUT2D eigenvalue weighted by Crippen LogP contribution is -2.47. The molecule has 2 aliphatic rings. The van der Waals surface area contributed by atoms with E-state index in [9.17, 15) is 10.4 Å². The number of rotatable bonds is 2. The molecule has 0 radical (unpaired) electrons. The van der Waals surface area contributed by atoms with Crippen LogP contribution in [-0.2, 0) is 9.47 Å². The van der Waals surface area contributed by atoms with E-state index in [1.54, 1.807) is 0 Å². The van der Waals surface area contributed by atoms with Crippen LogP contribution in [0.3, 0.4) is 0 Å². The van der Waals surface area contributed by atoms with E-state index in [4.69, 9.17) is 9.47 Å². The van der Waals surface area contributed by atoms with Crippen molar-refractivity contribution >= 4 is 0 Å². The molecule has 3 unspecified atom stereocenters. The van der Waals surface area contributed by atoms with E-state index in [0.29, 0.717) is 19.8 Å². The summed E-state index contributed by atoms with van der Waals surface area (Å²) in [5.74, 6) is 0.0927. The summed E-state index contributed by atoms with van der Waals surface area (Å²) in [6.45, 7) is 2.42. The molecule has 16 heavy (non-hydrogen) atoms. The van der Waals surface area contributed by atoms with Crippen molar-refractivity contribution in [2.45, 2.75) is 31.8 Å². The van der Waals surface area contributed by atoms with E-state index in [0.717, 1.165) is 32.3 Å². The lowest BCUT2D eigenvalue weighted by molar-refractivity contribution is -0.0983. The largest absolute Gasteiger partial charge is 0.391 e. The first kappa shape index (κ1) is 11.8. The molecule has 1 N–H and O–H groups in total. The fourth-order valence-electron chi connectivity index (χ4n) is 2.67. The van der Waals surface area contributed by atoms with Crippen LogP contribution in [0.2, 0.25) is 0 Å². The number of aliphatic hydroxyl groups excluding tert-OH is 1. The lowest BCUT2D eigenvalue weighted by Gasteiger charge is -2.39. The monoisotopic (exact) mass is 225 g/mol. The molecule has 90 valence electrons. The molecule has 2 aliphatic heterocycles. The van der Waals surface area contributed by atoms with Crippen LogP contribution >= 0.6 is 0 Å². The number of ether oxygens (including phenoxy) is 2. The van der Waals surface area contributed by atoms with E-state index in [1.807, 2.05) is 0 Å². The second-order valence-corrected chi connectivity index (χ2v) is 4.85. The normalized spacial score (nSPS) is 37.6. The Morgan fingerprint density at radius 3 is 2.69 bits per heavy atom. The van der Waals surface area contributed by atoms with Crippen molar-refractivity contribution in [3.05, 3.63) is 0 Å². The Balaban J connectivity index is 2.04. The number of hydrogen-bond acceptors (Lipinski definition) is 4. The molecule has 0 aliphatic carbocycles. The van der Waals surface area contributed by atoms with Gasteiger partial charge in [0.15, 0.2) is 0 Å². The van der Waals surface area contributed by atoms with Crippen molar-refractivity contribution < 1.29 is 14.6 Å². The fourth-order valence-corrected chi connectivity index (χ4v) is 2.67. The third-order valence-corrected chi connectivity index (χ3v) is 3.70. The molecule has 2 rings (SSSR count). The van der Waals surface area contributed by atoms with Gasteiger partial charge in [0.25, 0.3) is 0 Å². The zero-order chi connectivity index (χ0) is 11.4. The first-order valence-electron chi connectivity index (χ1n) is 6.03. The molecular weight excluding hydrogens is 206 g/mol. The van der Waals surface area contributed by atoms with Gasteiger partial charge in [-0.05, 0) is 25.7 Å². The molecule has 0 bridgehead atoms. The summed E-state index contributed by atoms with van der Waals surface area (Å²) in [7, 11) is 0. The van der Waals surface area contributed by atoms with Gasteiger partial charge in [-0.15, -0.1) is 0 Å². The molecule has 0 aromatic rings. The van der Waals surface area contributed by atoms with Crippen LogP contribution < -0.4 is 0 Å². The van der Waals surface area contributed by atoms with E-state index in [-0.39, 0.29) is 5.92 Å². The molecule has 4 heteroatoms. The maximum absolute atomic E-state index is 10.4. The second-order valence-electron chi connectivity index (χ2n) is 4.85. The molecule has 0 saturated carbocycles. The average molecular weight is 225 g/mol. The SMILES string of the molecule is N#CC1(C(O)C2CCCOC2)CCCOC1. The highest BCUT2D eigenvalue weighted by Crippen LogP contribution is 2.37. The molecule has 0 aromatic carbocycles. The summed E-state index contributed by atoms with van der Waals surface area (Å²) in [5.41, 5.74) is -0.705. The number of aliphatic hydroxyl groups is 1. The number of nitrogens with zero attached hydrogens (tertiary/aromatic N) is 1. The van der Waals surface area contributed by atoms with Crippen LogP contribution in [0.5, 0.6) is 0 Å². The average Bonchev–Trinajstić information content (AvgIpc) is 2.39. The Labute approximate surface area is 96.2 Å². The van der Waals surface area contributed by atoms with E-state index in [2.05, 4.69) is 6.07 Å². The van der Waals surface area contributed by atoms with Crippen molar-refractivity contribution in [2.75, 3.05) is 26.4 Å². The maximum atomic E-state index is 10.4.